The third-order valence-corrected chi connectivity index (χ3v) is 2.84. The normalized spacial score (nSPS) is 10.1. The van der Waals surface area contributed by atoms with Crippen molar-refractivity contribution in [1.82, 2.24) is 10.2 Å². The molecule has 2 rings (SSSR count). The maximum absolute atomic E-state index is 12.3. The first-order chi connectivity index (χ1) is 9.70. The molecule has 1 heterocycles. The lowest BCUT2D eigenvalue weighted by Gasteiger charge is -2.11. The van der Waals surface area contributed by atoms with Crippen molar-refractivity contribution < 1.29 is 4.79 Å². The van der Waals surface area contributed by atoms with Crippen molar-refractivity contribution in [2.24, 2.45) is 0 Å². The Kier molecular flexibility index (Phi) is 4.90. The Morgan fingerprint density at radius 2 is 2.20 bits per heavy atom. The summed E-state index contributed by atoms with van der Waals surface area (Å²) in [4.78, 5) is 12.3. The standard InChI is InChI=1S/C14H15ClN4O/c1-2-7-16-12-6-5-10(15)9-11(12)14(20)18-13-4-3-8-17-19-13/h3-6,8-9,16H,2,7H2,1H3,(H,18,19,20). The van der Waals surface area contributed by atoms with Gasteiger partial charge >= 0.3 is 0 Å². The molecule has 0 saturated heterocycles. The van der Waals surface area contributed by atoms with E-state index >= 15 is 0 Å². The van der Waals surface area contributed by atoms with E-state index in [9.17, 15) is 4.79 Å². The maximum Gasteiger partial charge on any atom is 0.259 e. The molecule has 104 valence electrons. The Labute approximate surface area is 122 Å². The van der Waals surface area contributed by atoms with Gasteiger partial charge in [0.1, 0.15) is 0 Å². The molecule has 2 N–H and O–H groups in total. The van der Waals surface area contributed by atoms with Crippen LogP contribution in [0.1, 0.15) is 23.7 Å². The fourth-order valence-corrected chi connectivity index (χ4v) is 1.84. The molecule has 0 aliphatic rings. The van der Waals surface area contributed by atoms with Gasteiger partial charge in [0.2, 0.25) is 0 Å². The summed E-state index contributed by atoms with van der Waals surface area (Å²) in [6, 6.07) is 8.55. The van der Waals surface area contributed by atoms with E-state index < -0.39 is 0 Å². The lowest BCUT2D eigenvalue weighted by molar-refractivity contribution is 0.102. The number of hydrogen-bond donors (Lipinski definition) is 2. The summed E-state index contributed by atoms with van der Waals surface area (Å²) in [6.07, 6.45) is 2.51. The van der Waals surface area contributed by atoms with Crippen molar-refractivity contribution in [2.45, 2.75) is 13.3 Å². The van der Waals surface area contributed by atoms with E-state index in [1.807, 2.05) is 0 Å². The molecule has 0 unspecified atom stereocenters. The third-order valence-electron chi connectivity index (χ3n) is 2.61. The quantitative estimate of drug-likeness (QED) is 0.887. The van der Waals surface area contributed by atoms with E-state index in [0.29, 0.717) is 16.4 Å². The monoisotopic (exact) mass is 290 g/mol. The van der Waals surface area contributed by atoms with Crippen molar-refractivity contribution in [3.63, 3.8) is 0 Å². The number of carbonyl (C=O) groups excluding carboxylic acids is 1. The summed E-state index contributed by atoms with van der Waals surface area (Å²) in [5.74, 6) is 0.130. The van der Waals surface area contributed by atoms with Gasteiger partial charge in [0.05, 0.1) is 5.56 Å². The molecule has 20 heavy (non-hydrogen) atoms. The van der Waals surface area contributed by atoms with Gasteiger partial charge in [0, 0.05) is 23.5 Å². The number of nitrogens with zero attached hydrogens (tertiary/aromatic N) is 2. The minimum atomic E-state index is -0.272. The minimum Gasteiger partial charge on any atom is -0.384 e. The number of anilines is 2. The summed E-state index contributed by atoms with van der Waals surface area (Å²) < 4.78 is 0. The highest BCUT2D eigenvalue weighted by molar-refractivity contribution is 6.31. The molecule has 5 nitrogen and oxygen atoms in total. The Balaban J connectivity index is 2.21. The average Bonchev–Trinajstić information content (AvgIpc) is 2.47. The average molecular weight is 291 g/mol. The van der Waals surface area contributed by atoms with Crippen molar-refractivity contribution in [3.8, 4) is 0 Å². The van der Waals surface area contributed by atoms with Crippen LogP contribution in [-0.4, -0.2) is 22.6 Å². The Bertz CT molecular complexity index is 589. The van der Waals surface area contributed by atoms with E-state index in [0.717, 1.165) is 18.7 Å². The van der Waals surface area contributed by atoms with Crippen LogP contribution < -0.4 is 10.6 Å². The van der Waals surface area contributed by atoms with Gasteiger partial charge in [-0.05, 0) is 36.8 Å². The Morgan fingerprint density at radius 3 is 2.90 bits per heavy atom. The maximum atomic E-state index is 12.3. The highest BCUT2D eigenvalue weighted by Crippen LogP contribution is 2.21. The predicted octanol–water partition coefficient (Wildman–Crippen LogP) is 3.20. The lowest BCUT2D eigenvalue weighted by atomic mass is 10.1. The number of amides is 1. The van der Waals surface area contributed by atoms with Gasteiger partial charge < -0.3 is 10.6 Å². The van der Waals surface area contributed by atoms with Gasteiger partial charge in [-0.15, -0.1) is 5.10 Å². The fourth-order valence-electron chi connectivity index (χ4n) is 1.67. The zero-order valence-corrected chi connectivity index (χ0v) is 11.8. The van der Waals surface area contributed by atoms with Gasteiger partial charge in [0.15, 0.2) is 5.82 Å². The summed E-state index contributed by atoms with van der Waals surface area (Å²) in [6.45, 7) is 2.84. The van der Waals surface area contributed by atoms with Crippen molar-refractivity contribution in [1.29, 1.82) is 0 Å². The molecule has 0 aliphatic heterocycles. The molecule has 0 atom stereocenters. The fraction of sp³-hybridized carbons (Fsp3) is 0.214. The molecule has 0 aliphatic carbocycles. The molecule has 2 aromatic rings. The van der Waals surface area contributed by atoms with Gasteiger partial charge in [0.25, 0.3) is 5.91 Å². The molecule has 1 aromatic carbocycles. The van der Waals surface area contributed by atoms with Crippen LogP contribution in [0.3, 0.4) is 0 Å². The van der Waals surface area contributed by atoms with Crippen LogP contribution in [0.4, 0.5) is 11.5 Å². The number of hydrogen-bond acceptors (Lipinski definition) is 4. The number of nitrogens with one attached hydrogen (secondary N) is 2. The van der Waals surface area contributed by atoms with Crippen LogP contribution in [0.25, 0.3) is 0 Å². The summed E-state index contributed by atoms with van der Waals surface area (Å²) in [7, 11) is 0. The molecule has 1 aromatic heterocycles. The zero-order valence-electron chi connectivity index (χ0n) is 11.1. The second-order valence-corrected chi connectivity index (χ2v) is 4.62. The summed E-state index contributed by atoms with van der Waals surface area (Å²) in [5.41, 5.74) is 1.23. The van der Waals surface area contributed by atoms with Crippen LogP contribution in [0.15, 0.2) is 36.5 Å². The van der Waals surface area contributed by atoms with Crippen LogP contribution in [0, 0.1) is 0 Å². The molecule has 1 amide bonds. The molecule has 6 heteroatoms. The van der Waals surface area contributed by atoms with Crippen LogP contribution >= 0.6 is 11.6 Å². The van der Waals surface area contributed by atoms with E-state index in [-0.39, 0.29) is 5.91 Å². The third kappa shape index (κ3) is 3.68. The number of carbonyl (C=O) groups is 1. The van der Waals surface area contributed by atoms with Crippen molar-refractivity contribution >= 4 is 29.0 Å². The van der Waals surface area contributed by atoms with E-state index in [1.165, 1.54) is 0 Å². The minimum absolute atomic E-state index is 0.272. The first kappa shape index (κ1) is 14.3. The van der Waals surface area contributed by atoms with Gasteiger partial charge in [-0.25, -0.2) is 0 Å². The smallest absolute Gasteiger partial charge is 0.259 e. The molecule has 0 fully saturated rings. The van der Waals surface area contributed by atoms with Crippen molar-refractivity contribution in [3.05, 3.63) is 47.1 Å². The Hall–Kier alpha value is -2.14. The van der Waals surface area contributed by atoms with Crippen molar-refractivity contribution in [2.75, 3.05) is 17.2 Å². The molecular weight excluding hydrogens is 276 g/mol. The first-order valence-electron chi connectivity index (χ1n) is 6.33. The molecule has 0 bridgehead atoms. The lowest BCUT2D eigenvalue weighted by Crippen LogP contribution is -2.16. The second-order valence-electron chi connectivity index (χ2n) is 4.18. The highest BCUT2D eigenvalue weighted by Gasteiger charge is 2.12. The molecule has 0 spiro atoms. The second kappa shape index (κ2) is 6.86. The number of benzene rings is 1. The van der Waals surface area contributed by atoms with Gasteiger partial charge in [-0.1, -0.05) is 18.5 Å². The number of rotatable bonds is 5. The van der Waals surface area contributed by atoms with Gasteiger partial charge in [-0.2, -0.15) is 5.10 Å². The van der Waals surface area contributed by atoms with E-state index in [4.69, 9.17) is 11.6 Å². The number of halogens is 1. The predicted molar refractivity (Wildman–Crippen MR) is 80.2 cm³/mol. The SMILES string of the molecule is CCCNc1ccc(Cl)cc1C(=O)Nc1cccnn1. The van der Waals surface area contributed by atoms with E-state index in [2.05, 4.69) is 27.8 Å². The van der Waals surface area contributed by atoms with Crippen LogP contribution in [0.2, 0.25) is 5.02 Å². The van der Waals surface area contributed by atoms with Gasteiger partial charge in [-0.3, -0.25) is 4.79 Å². The highest BCUT2D eigenvalue weighted by atomic mass is 35.5. The summed E-state index contributed by atoms with van der Waals surface area (Å²) >= 11 is 5.96. The Morgan fingerprint density at radius 1 is 1.35 bits per heavy atom. The topological polar surface area (TPSA) is 66.9 Å². The zero-order chi connectivity index (χ0) is 14.4. The van der Waals surface area contributed by atoms with Crippen LogP contribution in [0.5, 0.6) is 0 Å². The van der Waals surface area contributed by atoms with Crippen LogP contribution in [-0.2, 0) is 0 Å². The number of aromatic nitrogens is 2. The molecule has 0 radical (unpaired) electrons. The summed E-state index contributed by atoms with van der Waals surface area (Å²) in [5, 5.41) is 13.9. The largest absolute Gasteiger partial charge is 0.384 e. The first-order valence-corrected chi connectivity index (χ1v) is 6.71. The van der Waals surface area contributed by atoms with E-state index in [1.54, 1.807) is 36.5 Å². The molecular formula is C14H15ClN4O. The molecule has 0 saturated carbocycles.